The molecule has 1 saturated heterocycles. The summed E-state index contributed by atoms with van der Waals surface area (Å²) in [6.45, 7) is 6.32. The molecule has 0 radical (unpaired) electrons. The smallest absolute Gasteiger partial charge is 0.317 e. The number of rotatable bonds is 1. The molecule has 0 spiro atoms. The van der Waals surface area contributed by atoms with Crippen LogP contribution >= 0.6 is 0 Å². The maximum Gasteiger partial charge on any atom is 0.317 e. The Morgan fingerprint density at radius 3 is 2.77 bits per heavy atom. The lowest BCUT2D eigenvalue weighted by molar-refractivity contribution is 0.194. The second-order valence-corrected chi connectivity index (χ2v) is 4.99. The summed E-state index contributed by atoms with van der Waals surface area (Å²) in [4.78, 5) is 13.4. The van der Waals surface area contributed by atoms with Crippen molar-refractivity contribution in [2.75, 3.05) is 13.1 Å². The number of urea groups is 1. The third-order valence-electron chi connectivity index (χ3n) is 3.27. The monoisotopic (exact) mass is 182 g/mol. The largest absolute Gasteiger partial charge is 0.336 e. The number of carbonyl (C=O) groups is 1. The van der Waals surface area contributed by atoms with E-state index in [-0.39, 0.29) is 6.03 Å². The first-order valence-electron chi connectivity index (χ1n) is 5.13. The zero-order chi connectivity index (χ0) is 9.47. The van der Waals surface area contributed by atoms with Crippen molar-refractivity contribution < 1.29 is 4.79 Å². The molecule has 0 aromatic carbocycles. The van der Waals surface area contributed by atoms with Crippen molar-refractivity contribution in [3.05, 3.63) is 0 Å². The normalized spacial score (nSPS) is 32.3. The Balaban J connectivity index is 1.99. The molecule has 2 amide bonds. The summed E-state index contributed by atoms with van der Waals surface area (Å²) in [5, 5.41) is 2.86. The van der Waals surface area contributed by atoms with Gasteiger partial charge in [-0.15, -0.1) is 0 Å². The minimum Gasteiger partial charge on any atom is -0.336 e. The van der Waals surface area contributed by atoms with Gasteiger partial charge in [-0.05, 0) is 24.7 Å². The van der Waals surface area contributed by atoms with Crippen LogP contribution in [-0.4, -0.2) is 30.1 Å². The zero-order valence-electron chi connectivity index (χ0n) is 8.47. The first-order chi connectivity index (χ1) is 6.08. The molecule has 2 aliphatic rings. The molecule has 74 valence electrons. The molecule has 0 bridgehead atoms. The number of nitrogens with one attached hydrogen (secondary N) is 1. The van der Waals surface area contributed by atoms with Gasteiger partial charge < -0.3 is 10.2 Å². The van der Waals surface area contributed by atoms with E-state index in [1.54, 1.807) is 0 Å². The predicted molar refractivity (Wildman–Crippen MR) is 51.5 cm³/mol. The predicted octanol–water partition coefficient (Wildman–Crippen LogP) is 1.59. The van der Waals surface area contributed by atoms with Crippen LogP contribution in [0.25, 0.3) is 0 Å². The standard InChI is InChI=1S/C10H18N2O/c1-10(2)4-3-8(7-10)12-6-5-11-9(12)13/h8H,3-7H2,1-2H3,(H,11,13). The van der Waals surface area contributed by atoms with E-state index >= 15 is 0 Å². The van der Waals surface area contributed by atoms with Gasteiger partial charge in [-0.1, -0.05) is 13.8 Å². The topological polar surface area (TPSA) is 32.3 Å². The summed E-state index contributed by atoms with van der Waals surface area (Å²) in [5.41, 5.74) is 0.438. The number of carbonyl (C=O) groups excluding carboxylic acids is 1. The lowest BCUT2D eigenvalue weighted by Gasteiger charge is -2.24. The summed E-state index contributed by atoms with van der Waals surface area (Å²) in [6, 6.07) is 0.639. The van der Waals surface area contributed by atoms with E-state index in [1.807, 2.05) is 4.90 Å². The van der Waals surface area contributed by atoms with Gasteiger partial charge in [0.2, 0.25) is 0 Å². The molecular weight excluding hydrogens is 164 g/mol. The van der Waals surface area contributed by atoms with Crippen LogP contribution in [0.15, 0.2) is 0 Å². The van der Waals surface area contributed by atoms with Crippen LogP contribution in [0, 0.1) is 5.41 Å². The van der Waals surface area contributed by atoms with Crippen molar-refractivity contribution in [3.8, 4) is 0 Å². The Labute approximate surface area is 79.5 Å². The van der Waals surface area contributed by atoms with Gasteiger partial charge in [0.05, 0.1) is 0 Å². The molecule has 3 heteroatoms. The van der Waals surface area contributed by atoms with Crippen LogP contribution in [-0.2, 0) is 0 Å². The fourth-order valence-corrected chi connectivity index (χ4v) is 2.50. The first-order valence-corrected chi connectivity index (χ1v) is 5.13. The van der Waals surface area contributed by atoms with E-state index in [2.05, 4.69) is 19.2 Å². The van der Waals surface area contributed by atoms with Crippen LogP contribution in [0.3, 0.4) is 0 Å². The van der Waals surface area contributed by atoms with E-state index in [9.17, 15) is 4.79 Å². The fourth-order valence-electron chi connectivity index (χ4n) is 2.50. The van der Waals surface area contributed by atoms with Crippen LogP contribution < -0.4 is 5.32 Å². The Hall–Kier alpha value is -0.730. The molecule has 0 aromatic rings. The third kappa shape index (κ3) is 1.64. The molecule has 0 aromatic heterocycles. The average molecular weight is 182 g/mol. The van der Waals surface area contributed by atoms with Crippen LogP contribution in [0.2, 0.25) is 0 Å². The highest BCUT2D eigenvalue weighted by Crippen LogP contribution is 2.39. The molecule has 1 unspecified atom stereocenters. The van der Waals surface area contributed by atoms with E-state index in [0.29, 0.717) is 11.5 Å². The van der Waals surface area contributed by atoms with Crippen molar-refractivity contribution in [2.45, 2.75) is 39.2 Å². The minimum atomic E-state index is 0.141. The third-order valence-corrected chi connectivity index (χ3v) is 3.27. The van der Waals surface area contributed by atoms with Crippen molar-refractivity contribution in [3.63, 3.8) is 0 Å². The second-order valence-electron chi connectivity index (χ2n) is 4.99. The molecule has 1 saturated carbocycles. The van der Waals surface area contributed by atoms with Gasteiger partial charge in [-0.2, -0.15) is 0 Å². The van der Waals surface area contributed by atoms with Crippen LogP contribution in [0.4, 0.5) is 4.79 Å². The van der Waals surface area contributed by atoms with E-state index in [1.165, 1.54) is 19.3 Å². The highest BCUT2D eigenvalue weighted by Gasteiger charge is 2.37. The molecule has 1 atom stereocenters. The quantitative estimate of drug-likeness (QED) is 0.656. The maximum atomic E-state index is 11.4. The number of hydrogen-bond acceptors (Lipinski definition) is 1. The van der Waals surface area contributed by atoms with Crippen LogP contribution in [0.5, 0.6) is 0 Å². The summed E-state index contributed by atoms with van der Waals surface area (Å²) >= 11 is 0. The summed E-state index contributed by atoms with van der Waals surface area (Å²) in [5.74, 6) is 0. The highest BCUT2D eigenvalue weighted by atomic mass is 16.2. The second kappa shape index (κ2) is 2.89. The lowest BCUT2D eigenvalue weighted by Crippen LogP contribution is -2.36. The van der Waals surface area contributed by atoms with Gasteiger partial charge in [0.25, 0.3) is 0 Å². The van der Waals surface area contributed by atoms with Crippen molar-refractivity contribution in [2.24, 2.45) is 5.41 Å². The van der Waals surface area contributed by atoms with E-state index in [0.717, 1.165) is 13.1 Å². The first kappa shape index (κ1) is 8.85. The highest BCUT2D eigenvalue weighted by molar-refractivity contribution is 5.76. The maximum absolute atomic E-state index is 11.4. The fraction of sp³-hybridized carbons (Fsp3) is 0.900. The number of nitrogens with zero attached hydrogens (tertiary/aromatic N) is 1. The van der Waals surface area contributed by atoms with Crippen LogP contribution in [0.1, 0.15) is 33.1 Å². The molecule has 13 heavy (non-hydrogen) atoms. The van der Waals surface area contributed by atoms with Gasteiger partial charge in [-0.25, -0.2) is 4.79 Å². The van der Waals surface area contributed by atoms with E-state index in [4.69, 9.17) is 0 Å². The molecular formula is C10H18N2O. The van der Waals surface area contributed by atoms with E-state index < -0.39 is 0 Å². The zero-order valence-corrected chi connectivity index (χ0v) is 8.47. The molecule has 1 N–H and O–H groups in total. The van der Waals surface area contributed by atoms with Gasteiger partial charge in [-0.3, -0.25) is 0 Å². The number of hydrogen-bond donors (Lipinski definition) is 1. The summed E-state index contributed by atoms with van der Waals surface area (Å²) < 4.78 is 0. The molecule has 2 rings (SSSR count). The average Bonchev–Trinajstić information content (AvgIpc) is 2.56. The van der Waals surface area contributed by atoms with Gasteiger partial charge in [0.1, 0.15) is 0 Å². The van der Waals surface area contributed by atoms with Gasteiger partial charge in [0.15, 0.2) is 0 Å². The SMILES string of the molecule is CC1(C)CCC(N2CCNC2=O)C1. The lowest BCUT2D eigenvalue weighted by atomic mass is 9.91. The molecule has 1 aliphatic heterocycles. The minimum absolute atomic E-state index is 0.141. The molecule has 1 aliphatic carbocycles. The Bertz CT molecular complexity index is 225. The molecule has 1 heterocycles. The van der Waals surface area contributed by atoms with Crippen molar-refractivity contribution in [1.82, 2.24) is 10.2 Å². The van der Waals surface area contributed by atoms with Gasteiger partial charge >= 0.3 is 6.03 Å². The van der Waals surface area contributed by atoms with Crippen molar-refractivity contribution in [1.29, 1.82) is 0 Å². The Morgan fingerprint density at radius 1 is 1.54 bits per heavy atom. The Kier molecular flexibility index (Phi) is 1.97. The van der Waals surface area contributed by atoms with Gasteiger partial charge in [0, 0.05) is 19.1 Å². The Morgan fingerprint density at radius 2 is 2.31 bits per heavy atom. The molecule has 3 nitrogen and oxygen atoms in total. The summed E-state index contributed by atoms with van der Waals surface area (Å²) in [7, 11) is 0. The number of amides is 2. The summed E-state index contributed by atoms with van der Waals surface area (Å²) in [6.07, 6.45) is 3.60. The van der Waals surface area contributed by atoms with Crippen molar-refractivity contribution >= 4 is 6.03 Å². The molecule has 2 fully saturated rings.